The fraction of sp³-hybridized carbons (Fsp3) is 0.333. The zero-order valence-corrected chi connectivity index (χ0v) is 10.5. The Balaban J connectivity index is 2.57. The monoisotopic (exact) mass is 255 g/mol. The standard InChI is InChI=1S/C12H14ClNO3/c1-3-11(15)17-8(2)12(16)14-10-6-4-5-9(13)7-10/h4-8H,3H2,1-2H3,(H,14,16)/t8-/m0/s1. The quantitative estimate of drug-likeness (QED) is 0.842. The van der Waals surface area contributed by atoms with E-state index in [4.69, 9.17) is 16.3 Å². The van der Waals surface area contributed by atoms with Crippen LogP contribution in [0.3, 0.4) is 0 Å². The summed E-state index contributed by atoms with van der Waals surface area (Å²) in [7, 11) is 0. The molecule has 1 aromatic carbocycles. The Kier molecular flexibility index (Phi) is 4.97. The molecule has 0 aliphatic carbocycles. The lowest BCUT2D eigenvalue weighted by atomic mass is 10.3. The van der Waals surface area contributed by atoms with Crippen LogP contribution in [0.25, 0.3) is 0 Å². The number of hydrogen-bond donors (Lipinski definition) is 1. The van der Waals surface area contributed by atoms with Crippen molar-refractivity contribution in [2.24, 2.45) is 0 Å². The highest BCUT2D eigenvalue weighted by molar-refractivity contribution is 6.30. The van der Waals surface area contributed by atoms with E-state index in [-0.39, 0.29) is 12.3 Å². The van der Waals surface area contributed by atoms with Crippen molar-refractivity contribution in [1.29, 1.82) is 0 Å². The average molecular weight is 256 g/mol. The largest absolute Gasteiger partial charge is 0.453 e. The summed E-state index contributed by atoms with van der Waals surface area (Å²) in [5, 5.41) is 3.14. The van der Waals surface area contributed by atoms with Crippen molar-refractivity contribution >= 4 is 29.2 Å². The summed E-state index contributed by atoms with van der Waals surface area (Å²) in [6, 6.07) is 6.75. The predicted octanol–water partition coefficient (Wildman–Crippen LogP) is 2.62. The van der Waals surface area contributed by atoms with Gasteiger partial charge in [-0.1, -0.05) is 24.6 Å². The van der Waals surface area contributed by atoms with Gasteiger partial charge in [0, 0.05) is 17.1 Å². The molecule has 0 unspecified atom stereocenters. The highest BCUT2D eigenvalue weighted by Crippen LogP contribution is 2.15. The number of amides is 1. The number of rotatable bonds is 4. The second-order valence-electron chi connectivity index (χ2n) is 3.49. The molecular weight excluding hydrogens is 242 g/mol. The molecule has 1 atom stereocenters. The van der Waals surface area contributed by atoms with Crippen LogP contribution in [0.15, 0.2) is 24.3 Å². The lowest BCUT2D eigenvalue weighted by molar-refractivity contribution is -0.152. The fourth-order valence-electron chi connectivity index (χ4n) is 1.14. The molecule has 1 aromatic rings. The maximum Gasteiger partial charge on any atom is 0.306 e. The SMILES string of the molecule is CCC(=O)O[C@@H](C)C(=O)Nc1cccc(Cl)c1. The minimum atomic E-state index is -0.818. The molecule has 0 aliphatic rings. The molecule has 0 radical (unpaired) electrons. The third-order valence-corrected chi connectivity index (χ3v) is 2.29. The van der Waals surface area contributed by atoms with Gasteiger partial charge >= 0.3 is 5.97 Å². The number of esters is 1. The van der Waals surface area contributed by atoms with Crippen LogP contribution < -0.4 is 5.32 Å². The molecular formula is C12H14ClNO3. The van der Waals surface area contributed by atoms with Crippen molar-refractivity contribution in [2.75, 3.05) is 5.32 Å². The normalized spacial score (nSPS) is 11.7. The molecule has 0 saturated carbocycles. The van der Waals surface area contributed by atoms with E-state index in [9.17, 15) is 9.59 Å². The van der Waals surface area contributed by atoms with Crippen LogP contribution >= 0.6 is 11.6 Å². The highest BCUT2D eigenvalue weighted by atomic mass is 35.5. The van der Waals surface area contributed by atoms with Crippen molar-refractivity contribution < 1.29 is 14.3 Å². The number of benzene rings is 1. The van der Waals surface area contributed by atoms with Crippen LogP contribution in [0, 0.1) is 0 Å². The van der Waals surface area contributed by atoms with E-state index >= 15 is 0 Å². The van der Waals surface area contributed by atoms with E-state index in [0.29, 0.717) is 10.7 Å². The molecule has 0 bridgehead atoms. The molecule has 0 fully saturated rings. The van der Waals surface area contributed by atoms with E-state index < -0.39 is 12.1 Å². The first kappa shape index (κ1) is 13.5. The number of ether oxygens (including phenoxy) is 1. The van der Waals surface area contributed by atoms with Crippen LogP contribution in [-0.2, 0) is 14.3 Å². The second kappa shape index (κ2) is 6.25. The number of halogens is 1. The van der Waals surface area contributed by atoms with Gasteiger partial charge in [0.25, 0.3) is 5.91 Å². The molecule has 1 amide bonds. The molecule has 0 saturated heterocycles. The maximum atomic E-state index is 11.6. The number of anilines is 1. The lowest BCUT2D eigenvalue weighted by Gasteiger charge is -2.12. The van der Waals surface area contributed by atoms with Crippen molar-refractivity contribution in [3.63, 3.8) is 0 Å². The molecule has 0 aliphatic heterocycles. The summed E-state index contributed by atoms with van der Waals surface area (Å²) in [5.74, 6) is -0.784. The zero-order valence-electron chi connectivity index (χ0n) is 9.70. The van der Waals surface area contributed by atoms with Gasteiger partial charge in [-0.15, -0.1) is 0 Å². The summed E-state index contributed by atoms with van der Waals surface area (Å²) in [5.41, 5.74) is 0.571. The molecule has 4 nitrogen and oxygen atoms in total. The zero-order chi connectivity index (χ0) is 12.8. The van der Waals surface area contributed by atoms with Gasteiger partial charge in [-0.25, -0.2) is 0 Å². The molecule has 92 valence electrons. The number of hydrogen-bond acceptors (Lipinski definition) is 3. The van der Waals surface area contributed by atoms with Gasteiger partial charge in [-0.05, 0) is 25.1 Å². The van der Waals surface area contributed by atoms with Crippen molar-refractivity contribution in [3.05, 3.63) is 29.3 Å². The van der Waals surface area contributed by atoms with Crippen LogP contribution in [0.5, 0.6) is 0 Å². The summed E-state index contributed by atoms with van der Waals surface area (Å²) in [6.07, 6.45) is -0.573. The summed E-state index contributed by atoms with van der Waals surface area (Å²) < 4.78 is 4.88. The first-order valence-electron chi connectivity index (χ1n) is 5.29. The third kappa shape index (κ3) is 4.44. The van der Waals surface area contributed by atoms with E-state index in [0.717, 1.165) is 0 Å². The van der Waals surface area contributed by atoms with Crippen LogP contribution in [0.2, 0.25) is 5.02 Å². The van der Waals surface area contributed by atoms with Gasteiger partial charge in [-0.3, -0.25) is 9.59 Å². The Morgan fingerprint density at radius 2 is 2.18 bits per heavy atom. The second-order valence-corrected chi connectivity index (χ2v) is 3.92. The van der Waals surface area contributed by atoms with Crippen LogP contribution in [0.4, 0.5) is 5.69 Å². The Hall–Kier alpha value is -1.55. The number of nitrogens with one attached hydrogen (secondary N) is 1. The molecule has 0 heterocycles. The first-order chi connectivity index (χ1) is 8.02. The van der Waals surface area contributed by atoms with Gasteiger partial charge in [0.05, 0.1) is 0 Å². The molecule has 0 spiro atoms. The van der Waals surface area contributed by atoms with E-state index in [1.807, 2.05) is 0 Å². The number of carbonyl (C=O) groups excluding carboxylic acids is 2. The maximum absolute atomic E-state index is 11.6. The minimum absolute atomic E-state index is 0.245. The fourth-order valence-corrected chi connectivity index (χ4v) is 1.33. The number of carbonyl (C=O) groups is 2. The van der Waals surface area contributed by atoms with E-state index in [1.54, 1.807) is 31.2 Å². The minimum Gasteiger partial charge on any atom is -0.453 e. The summed E-state index contributed by atoms with van der Waals surface area (Å²) >= 11 is 5.78. The summed E-state index contributed by atoms with van der Waals surface area (Å²) in [6.45, 7) is 3.19. The Morgan fingerprint density at radius 3 is 2.76 bits per heavy atom. The molecule has 1 N–H and O–H groups in total. The van der Waals surface area contributed by atoms with Gasteiger partial charge in [-0.2, -0.15) is 0 Å². The van der Waals surface area contributed by atoms with E-state index in [1.165, 1.54) is 6.92 Å². The van der Waals surface area contributed by atoms with Gasteiger partial charge < -0.3 is 10.1 Å². The van der Waals surface area contributed by atoms with Crippen LogP contribution in [0.1, 0.15) is 20.3 Å². The predicted molar refractivity (Wildman–Crippen MR) is 65.9 cm³/mol. The van der Waals surface area contributed by atoms with Crippen molar-refractivity contribution in [1.82, 2.24) is 0 Å². The smallest absolute Gasteiger partial charge is 0.306 e. The van der Waals surface area contributed by atoms with Crippen LogP contribution in [-0.4, -0.2) is 18.0 Å². The van der Waals surface area contributed by atoms with Gasteiger partial charge in [0.2, 0.25) is 0 Å². The molecule has 5 heteroatoms. The Morgan fingerprint density at radius 1 is 1.47 bits per heavy atom. The average Bonchev–Trinajstić information content (AvgIpc) is 2.28. The molecule has 17 heavy (non-hydrogen) atoms. The van der Waals surface area contributed by atoms with E-state index in [2.05, 4.69) is 5.32 Å². The lowest BCUT2D eigenvalue weighted by Crippen LogP contribution is -2.29. The molecule has 0 aromatic heterocycles. The van der Waals surface area contributed by atoms with Crippen molar-refractivity contribution in [2.45, 2.75) is 26.4 Å². The Bertz CT molecular complexity index is 420. The highest BCUT2D eigenvalue weighted by Gasteiger charge is 2.16. The summed E-state index contributed by atoms with van der Waals surface area (Å²) in [4.78, 5) is 22.7. The molecule has 1 rings (SSSR count). The topological polar surface area (TPSA) is 55.4 Å². The first-order valence-corrected chi connectivity index (χ1v) is 5.66. The van der Waals surface area contributed by atoms with Crippen molar-refractivity contribution in [3.8, 4) is 0 Å². The van der Waals surface area contributed by atoms with Gasteiger partial charge in [0.15, 0.2) is 6.10 Å². The van der Waals surface area contributed by atoms with Gasteiger partial charge in [0.1, 0.15) is 0 Å². The third-order valence-electron chi connectivity index (χ3n) is 2.06. The Labute approximate surface area is 105 Å².